The molecule has 3 heteroatoms. The van der Waals surface area contributed by atoms with Crippen molar-refractivity contribution in [3.8, 4) is 11.5 Å². The van der Waals surface area contributed by atoms with Gasteiger partial charge in [0.05, 0.1) is 0 Å². The highest BCUT2D eigenvalue weighted by Crippen LogP contribution is 2.41. The van der Waals surface area contributed by atoms with Crippen LogP contribution in [0.5, 0.6) is 11.5 Å². The Labute approximate surface area is 144 Å². The maximum absolute atomic E-state index is 6.32. The predicted octanol–water partition coefficient (Wildman–Crippen LogP) is 3.94. The van der Waals surface area contributed by atoms with Crippen LogP contribution in [-0.2, 0) is 6.42 Å². The van der Waals surface area contributed by atoms with Crippen molar-refractivity contribution in [2.45, 2.75) is 26.3 Å². The molecule has 2 aromatic carbocycles. The molecule has 0 spiro atoms. The van der Waals surface area contributed by atoms with Crippen LogP contribution in [0.2, 0.25) is 0 Å². The number of rotatable bonds is 1. The summed E-state index contributed by atoms with van der Waals surface area (Å²) in [6.45, 7) is 8.85. The summed E-state index contributed by atoms with van der Waals surface area (Å²) in [6, 6.07) is 13.6. The van der Waals surface area contributed by atoms with Gasteiger partial charge in [0.15, 0.2) is 0 Å². The van der Waals surface area contributed by atoms with E-state index in [4.69, 9.17) is 4.74 Å². The van der Waals surface area contributed by atoms with Crippen molar-refractivity contribution >= 4 is 0 Å². The summed E-state index contributed by atoms with van der Waals surface area (Å²) in [4.78, 5) is 5.05. The number of ether oxygens (including phenoxy) is 1. The lowest BCUT2D eigenvalue weighted by Crippen LogP contribution is -2.46. The molecule has 2 aromatic rings. The molecule has 126 valence electrons. The lowest BCUT2D eigenvalue weighted by Gasteiger charge is -2.38. The Balaban J connectivity index is 1.77. The monoisotopic (exact) mass is 322 g/mol. The maximum Gasteiger partial charge on any atom is 0.132 e. The van der Waals surface area contributed by atoms with Crippen LogP contribution in [0.1, 0.15) is 28.3 Å². The Morgan fingerprint density at radius 1 is 0.875 bits per heavy atom. The molecule has 0 aromatic heterocycles. The number of hydrogen-bond donors (Lipinski definition) is 0. The molecule has 2 heterocycles. The summed E-state index contributed by atoms with van der Waals surface area (Å²) in [6.07, 6.45) is 1.02. The van der Waals surface area contributed by atoms with E-state index in [0.29, 0.717) is 6.04 Å². The zero-order valence-electron chi connectivity index (χ0n) is 14.9. The Hall–Kier alpha value is -1.84. The van der Waals surface area contributed by atoms with Crippen molar-refractivity contribution in [3.05, 3.63) is 58.7 Å². The molecule has 2 aliphatic heterocycles. The average molecular weight is 322 g/mol. The summed E-state index contributed by atoms with van der Waals surface area (Å²) in [5, 5.41) is 0. The smallest absolute Gasteiger partial charge is 0.132 e. The zero-order chi connectivity index (χ0) is 16.7. The molecule has 0 saturated carbocycles. The second-order valence-electron chi connectivity index (χ2n) is 7.31. The van der Waals surface area contributed by atoms with Crippen LogP contribution >= 0.6 is 0 Å². The highest BCUT2D eigenvalue weighted by molar-refractivity contribution is 5.49. The van der Waals surface area contributed by atoms with Crippen LogP contribution in [0.15, 0.2) is 36.4 Å². The highest BCUT2D eigenvalue weighted by atomic mass is 16.5. The number of fused-ring (bicyclic) bond motifs is 2. The first-order valence-corrected chi connectivity index (χ1v) is 8.91. The summed E-state index contributed by atoms with van der Waals surface area (Å²) >= 11 is 0. The number of piperazine rings is 1. The van der Waals surface area contributed by atoms with Gasteiger partial charge in [0.1, 0.15) is 11.5 Å². The topological polar surface area (TPSA) is 15.7 Å². The van der Waals surface area contributed by atoms with Gasteiger partial charge in [-0.3, -0.25) is 4.90 Å². The van der Waals surface area contributed by atoms with Gasteiger partial charge in [-0.1, -0.05) is 35.4 Å². The van der Waals surface area contributed by atoms with E-state index >= 15 is 0 Å². The standard InChI is InChI=1S/C21H26N2O/c1-15-4-6-20-17(12-15)14-19(23-10-8-22(3)9-11-23)18-13-16(2)5-7-21(18)24-20/h4-7,12-13,19H,8-11,14H2,1-3H3. The Morgan fingerprint density at radius 3 is 2.29 bits per heavy atom. The molecule has 3 nitrogen and oxygen atoms in total. The van der Waals surface area contributed by atoms with E-state index < -0.39 is 0 Å². The van der Waals surface area contributed by atoms with Crippen molar-refractivity contribution in [2.24, 2.45) is 0 Å². The largest absolute Gasteiger partial charge is 0.457 e. The fraction of sp³-hybridized carbons (Fsp3) is 0.429. The third-order valence-corrected chi connectivity index (χ3v) is 5.35. The van der Waals surface area contributed by atoms with Gasteiger partial charge in [-0.25, -0.2) is 0 Å². The van der Waals surface area contributed by atoms with Crippen molar-refractivity contribution in [3.63, 3.8) is 0 Å². The third-order valence-electron chi connectivity index (χ3n) is 5.35. The van der Waals surface area contributed by atoms with E-state index in [0.717, 1.165) is 44.1 Å². The van der Waals surface area contributed by atoms with Crippen LogP contribution in [0.3, 0.4) is 0 Å². The predicted molar refractivity (Wildman–Crippen MR) is 97.9 cm³/mol. The van der Waals surface area contributed by atoms with Crippen molar-refractivity contribution < 1.29 is 4.74 Å². The summed E-state index contributed by atoms with van der Waals surface area (Å²) in [7, 11) is 2.21. The van der Waals surface area contributed by atoms with Crippen LogP contribution < -0.4 is 4.74 Å². The van der Waals surface area contributed by atoms with E-state index in [1.807, 2.05) is 0 Å². The zero-order valence-corrected chi connectivity index (χ0v) is 14.9. The fourth-order valence-electron chi connectivity index (χ4n) is 3.88. The van der Waals surface area contributed by atoms with Gasteiger partial charge in [0, 0.05) is 37.8 Å². The molecule has 0 N–H and O–H groups in total. The van der Waals surface area contributed by atoms with Crippen LogP contribution in [0, 0.1) is 13.8 Å². The lowest BCUT2D eigenvalue weighted by molar-refractivity contribution is 0.111. The molecule has 1 saturated heterocycles. The second-order valence-corrected chi connectivity index (χ2v) is 7.31. The fourth-order valence-corrected chi connectivity index (χ4v) is 3.88. The van der Waals surface area contributed by atoms with Crippen LogP contribution in [0.25, 0.3) is 0 Å². The molecule has 0 amide bonds. The minimum absolute atomic E-state index is 0.400. The molecule has 4 rings (SSSR count). The van der Waals surface area contributed by atoms with Gasteiger partial charge >= 0.3 is 0 Å². The number of nitrogens with zero attached hydrogens (tertiary/aromatic N) is 2. The number of likely N-dealkylation sites (N-methyl/N-ethyl adjacent to an activating group) is 1. The van der Waals surface area contributed by atoms with E-state index in [1.165, 1.54) is 22.3 Å². The molecule has 1 fully saturated rings. The molecule has 2 aliphatic rings. The average Bonchev–Trinajstić information content (AvgIpc) is 2.72. The van der Waals surface area contributed by atoms with Crippen molar-refractivity contribution in [2.75, 3.05) is 33.2 Å². The molecule has 0 bridgehead atoms. The van der Waals surface area contributed by atoms with Gasteiger partial charge in [-0.2, -0.15) is 0 Å². The van der Waals surface area contributed by atoms with Crippen LogP contribution in [0.4, 0.5) is 0 Å². The number of hydrogen-bond acceptors (Lipinski definition) is 3. The minimum atomic E-state index is 0.400. The second kappa shape index (κ2) is 6.23. The molecular weight excluding hydrogens is 296 g/mol. The lowest BCUT2D eigenvalue weighted by atomic mass is 9.95. The Morgan fingerprint density at radius 2 is 1.54 bits per heavy atom. The Bertz CT molecular complexity index is 747. The summed E-state index contributed by atoms with van der Waals surface area (Å²) in [5.41, 5.74) is 5.27. The van der Waals surface area contributed by atoms with E-state index in [9.17, 15) is 0 Å². The minimum Gasteiger partial charge on any atom is -0.457 e. The van der Waals surface area contributed by atoms with Crippen LogP contribution in [-0.4, -0.2) is 43.0 Å². The van der Waals surface area contributed by atoms with E-state index in [1.54, 1.807) is 0 Å². The molecule has 24 heavy (non-hydrogen) atoms. The van der Waals surface area contributed by atoms with Gasteiger partial charge in [-0.15, -0.1) is 0 Å². The van der Waals surface area contributed by atoms with Gasteiger partial charge in [0.2, 0.25) is 0 Å². The van der Waals surface area contributed by atoms with Crippen molar-refractivity contribution in [1.29, 1.82) is 0 Å². The van der Waals surface area contributed by atoms with Gasteiger partial charge < -0.3 is 9.64 Å². The van der Waals surface area contributed by atoms with Gasteiger partial charge in [0.25, 0.3) is 0 Å². The molecule has 1 atom stereocenters. The quantitative estimate of drug-likeness (QED) is 0.791. The maximum atomic E-state index is 6.32. The first kappa shape index (κ1) is 15.7. The van der Waals surface area contributed by atoms with Gasteiger partial charge in [-0.05, 0) is 45.0 Å². The molecule has 0 aliphatic carbocycles. The van der Waals surface area contributed by atoms with E-state index in [-0.39, 0.29) is 0 Å². The number of aryl methyl sites for hydroxylation is 2. The third kappa shape index (κ3) is 2.94. The highest BCUT2D eigenvalue weighted by Gasteiger charge is 2.30. The summed E-state index contributed by atoms with van der Waals surface area (Å²) < 4.78 is 6.32. The number of benzene rings is 2. The van der Waals surface area contributed by atoms with E-state index in [2.05, 4.69) is 67.1 Å². The molecule has 0 radical (unpaired) electrons. The first-order chi connectivity index (χ1) is 11.6. The normalized spacial score (nSPS) is 21.5. The Kier molecular flexibility index (Phi) is 4.07. The first-order valence-electron chi connectivity index (χ1n) is 8.91. The summed E-state index contributed by atoms with van der Waals surface area (Å²) in [5.74, 6) is 2.04. The van der Waals surface area contributed by atoms with Crippen molar-refractivity contribution in [1.82, 2.24) is 9.80 Å². The SMILES string of the molecule is Cc1ccc2c(c1)CC(N1CCN(C)CC1)c1cc(C)ccc1O2. The molecular formula is C21H26N2O. The molecule has 1 unspecified atom stereocenters.